The van der Waals surface area contributed by atoms with Crippen molar-refractivity contribution in [2.45, 2.75) is 235 Å². The maximum absolute atomic E-state index is 12.6. The van der Waals surface area contributed by atoms with Crippen LogP contribution in [0.5, 0.6) is 0 Å². The van der Waals surface area contributed by atoms with E-state index in [0.717, 1.165) is 63.4 Å². The van der Waals surface area contributed by atoms with Crippen molar-refractivity contribution in [3.05, 3.63) is 11.6 Å². The molecule has 5 heterocycles. The summed E-state index contributed by atoms with van der Waals surface area (Å²) in [6, 6.07) is 0. The Hall–Kier alpha value is -1.92. The van der Waals surface area contributed by atoms with Gasteiger partial charge in [-0.05, 0) is 113 Å². The van der Waals surface area contributed by atoms with Crippen molar-refractivity contribution < 1.29 is 92.7 Å². The Kier molecular flexibility index (Phi) is 14.9. The van der Waals surface area contributed by atoms with Crippen molar-refractivity contribution in [3.8, 4) is 0 Å². The fourth-order valence-electron chi connectivity index (χ4n) is 14.5. The molecule has 0 bridgehead atoms. The van der Waals surface area contributed by atoms with E-state index in [-0.39, 0.29) is 54.0 Å². The largest absolute Gasteiger partial charge is 0.463 e. The average Bonchev–Trinajstić information content (AvgIpc) is 3.83. The summed E-state index contributed by atoms with van der Waals surface area (Å²) in [5.41, 5.74) is 0.102. The summed E-state index contributed by atoms with van der Waals surface area (Å²) in [4.78, 5) is 23.3. The molecular formula is C49H76O19. The third-order valence-corrected chi connectivity index (χ3v) is 18.2. The van der Waals surface area contributed by atoms with Crippen LogP contribution in [0.15, 0.2) is 11.6 Å². The first-order chi connectivity index (χ1) is 32.2. The molecule has 2 unspecified atom stereocenters. The number of aliphatic hydroxyl groups is 7. The third kappa shape index (κ3) is 9.47. The number of esters is 2. The van der Waals surface area contributed by atoms with Crippen LogP contribution in [0.1, 0.15) is 119 Å². The highest BCUT2D eigenvalue weighted by Crippen LogP contribution is 2.70. The van der Waals surface area contributed by atoms with Gasteiger partial charge >= 0.3 is 11.9 Å². The van der Waals surface area contributed by atoms with Crippen molar-refractivity contribution in [2.75, 3.05) is 13.2 Å². The van der Waals surface area contributed by atoms with Crippen molar-refractivity contribution in [1.29, 1.82) is 0 Å². The van der Waals surface area contributed by atoms with E-state index in [1.165, 1.54) is 6.92 Å². The van der Waals surface area contributed by atoms with Crippen LogP contribution in [0.3, 0.4) is 0 Å². The molecule has 8 fully saturated rings. The molecule has 0 radical (unpaired) electrons. The molecule has 0 aromatic heterocycles. The van der Waals surface area contributed by atoms with Gasteiger partial charge in [0.25, 0.3) is 0 Å². The molecule has 9 rings (SSSR count). The van der Waals surface area contributed by atoms with E-state index in [0.29, 0.717) is 18.4 Å². The van der Waals surface area contributed by atoms with Gasteiger partial charge < -0.3 is 83.1 Å². The summed E-state index contributed by atoms with van der Waals surface area (Å²) < 4.78 is 59.3. The zero-order valence-corrected chi connectivity index (χ0v) is 40.2. The van der Waals surface area contributed by atoms with Crippen LogP contribution in [-0.2, 0) is 57.0 Å². The number of hydrogen-bond acceptors (Lipinski definition) is 19. The van der Waals surface area contributed by atoms with Gasteiger partial charge in [0.15, 0.2) is 25.2 Å². The van der Waals surface area contributed by atoms with Crippen molar-refractivity contribution in [1.82, 2.24) is 0 Å². The van der Waals surface area contributed by atoms with Gasteiger partial charge in [0.05, 0.1) is 48.3 Å². The lowest BCUT2D eigenvalue weighted by Gasteiger charge is -2.64. The number of ether oxygens (including phenoxy) is 10. The highest BCUT2D eigenvalue weighted by molar-refractivity contribution is 5.85. The number of fused-ring (bicyclic) bond motifs is 5. The normalized spacial score (nSPS) is 52.8. The molecule has 25 atom stereocenters. The fraction of sp³-hybridized carbons (Fsp3) is 0.918. The van der Waals surface area contributed by atoms with Crippen LogP contribution in [0, 0.1) is 34.5 Å². The lowest BCUT2D eigenvalue weighted by Crippen LogP contribution is -2.62. The van der Waals surface area contributed by atoms with Gasteiger partial charge in [0, 0.05) is 37.7 Å². The minimum Gasteiger partial charge on any atom is -0.463 e. The summed E-state index contributed by atoms with van der Waals surface area (Å²) in [6.07, 6.45) is -7.77. The van der Waals surface area contributed by atoms with Crippen LogP contribution in [0.25, 0.3) is 0 Å². The summed E-state index contributed by atoms with van der Waals surface area (Å²) in [7, 11) is 0. The Balaban J connectivity index is 0.725. The molecule has 0 amide bonds. The van der Waals surface area contributed by atoms with E-state index in [2.05, 4.69) is 13.8 Å². The number of carbonyl (C=O) groups is 2. The first kappa shape index (κ1) is 51.0. The second-order valence-electron chi connectivity index (χ2n) is 22.2. The van der Waals surface area contributed by atoms with Crippen molar-refractivity contribution in [2.24, 2.45) is 34.5 Å². The smallest absolute Gasteiger partial charge is 0.331 e. The topological polar surface area (TPSA) is 268 Å². The summed E-state index contributed by atoms with van der Waals surface area (Å²) in [5, 5.41) is 77.8. The maximum atomic E-state index is 12.6. The molecule has 4 saturated heterocycles. The minimum atomic E-state index is -1.68. The van der Waals surface area contributed by atoms with Gasteiger partial charge in [0.1, 0.15) is 55.9 Å². The molecule has 386 valence electrons. The van der Waals surface area contributed by atoms with Crippen LogP contribution in [-0.4, -0.2) is 177 Å². The SMILES string of the molecule is CC(=O)OC[C@H]1O[C@H](O[C@H]2[C@@H](O)C[C@H](O[C@H]3[C@@H](O)C[C@H](O[C@H]4[C@@H](O)C[C@H](O[C@H]5CC[C@@]6(C)C(CCC7[C@@H]6CC[C@]6(C)[C@@H](C8=CC(=O)OC8)CC[C@]76O)C5)O[C@@H]4C)O[C@@H]3C)O[C@@H]2C)[C@H](O)[C@@H](O)[C@@H]1O. The summed E-state index contributed by atoms with van der Waals surface area (Å²) in [6.45, 7) is 11.0. The van der Waals surface area contributed by atoms with E-state index in [1.807, 2.05) is 6.92 Å². The van der Waals surface area contributed by atoms with Crippen LogP contribution in [0.4, 0.5) is 0 Å². The van der Waals surface area contributed by atoms with Gasteiger partial charge in [-0.25, -0.2) is 4.79 Å². The molecule has 4 aliphatic carbocycles. The molecule has 0 aromatic carbocycles. The van der Waals surface area contributed by atoms with Crippen molar-refractivity contribution in [3.63, 3.8) is 0 Å². The van der Waals surface area contributed by atoms with E-state index in [1.54, 1.807) is 19.9 Å². The molecule has 4 saturated carbocycles. The van der Waals surface area contributed by atoms with Crippen LogP contribution < -0.4 is 0 Å². The predicted octanol–water partition coefficient (Wildman–Crippen LogP) is 1.64. The predicted molar refractivity (Wildman–Crippen MR) is 233 cm³/mol. The van der Waals surface area contributed by atoms with Gasteiger partial charge in [-0.2, -0.15) is 0 Å². The maximum Gasteiger partial charge on any atom is 0.331 e. The van der Waals surface area contributed by atoms with E-state index in [4.69, 9.17) is 47.4 Å². The number of carbonyl (C=O) groups excluding carboxylic acids is 2. The summed E-state index contributed by atoms with van der Waals surface area (Å²) in [5.74, 6) is 0.364. The minimum absolute atomic E-state index is 0.0214. The Morgan fingerprint density at radius 2 is 1.26 bits per heavy atom. The Morgan fingerprint density at radius 3 is 1.82 bits per heavy atom. The molecule has 68 heavy (non-hydrogen) atoms. The number of rotatable bonds is 11. The number of aliphatic hydroxyl groups excluding tert-OH is 6. The highest BCUT2D eigenvalue weighted by Gasteiger charge is 2.68. The standard InChI is InChI=1S/C49H76O19/c1-22-43(66-38-18-33(52)44(23(2)62-38)67-39-19-34(53)45(24(3)63-39)68-46-42(57)41(56)40(55)35(65-46)21-59-25(4)50)32(51)17-37(61-22)64-28-9-12-47(5)27(16-28)7-8-31-30(47)10-13-48(6)29(11-14-49(31,48)58)26-15-36(54)60-20-26/h15,22-24,27-35,37-46,51-53,55-58H,7-14,16-21H2,1-6H3/t22-,23-,24-,27?,28+,29-,30+,31?,32+,33+,34+,35-,37+,38+,39+,40-,41+,42-,43-,44-,45-,46-,47+,48-,49+/m1/s1. The third-order valence-electron chi connectivity index (χ3n) is 18.2. The number of cyclic esters (lactones) is 1. The van der Waals surface area contributed by atoms with Crippen LogP contribution in [0.2, 0.25) is 0 Å². The number of hydrogen-bond donors (Lipinski definition) is 7. The highest BCUT2D eigenvalue weighted by atomic mass is 16.8. The molecule has 0 spiro atoms. The zero-order chi connectivity index (χ0) is 48.6. The Labute approximate surface area is 398 Å². The van der Waals surface area contributed by atoms with Crippen molar-refractivity contribution >= 4 is 11.9 Å². The Bertz CT molecular complexity index is 1800. The fourth-order valence-corrected chi connectivity index (χ4v) is 14.5. The molecule has 0 aromatic rings. The van der Waals surface area contributed by atoms with E-state index < -0.39 is 123 Å². The van der Waals surface area contributed by atoms with Gasteiger partial charge in [-0.3, -0.25) is 4.79 Å². The lowest BCUT2D eigenvalue weighted by atomic mass is 9.43. The van der Waals surface area contributed by atoms with E-state index >= 15 is 0 Å². The Morgan fingerprint density at radius 1 is 0.676 bits per heavy atom. The molecular weight excluding hydrogens is 893 g/mol. The monoisotopic (exact) mass is 968 g/mol. The molecule has 7 N–H and O–H groups in total. The quantitative estimate of drug-likeness (QED) is 0.115. The van der Waals surface area contributed by atoms with Gasteiger partial charge in [-0.15, -0.1) is 0 Å². The molecule has 9 aliphatic rings. The first-order valence-corrected chi connectivity index (χ1v) is 25.2. The molecule has 5 aliphatic heterocycles. The first-order valence-electron chi connectivity index (χ1n) is 25.2. The zero-order valence-electron chi connectivity index (χ0n) is 40.2. The lowest BCUT2D eigenvalue weighted by molar-refractivity contribution is -0.355. The summed E-state index contributed by atoms with van der Waals surface area (Å²) >= 11 is 0. The molecule has 19 heteroatoms. The van der Waals surface area contributed by atoms with E-state index in [9.17, 15) is 45.3 Å². The average molecular weight is 969 g/mol. The van der Waals surface area contributed by atoms with Gasteiger partial charge in [0.2, 0.25) is 0 Å². The second kappa shape index (κ2) is 19.8. The van der Waals surface area contributed by atoms with Gasteiger partial charge in [-0.1, -0.05) is 13.8 Å². The second-order valence-corrected chi connectivity index (χ2v) is 22.2. The molecule has 19 nitrogen and oxygen atoms in total. The van der Waals surface area contributed by atoms with Crippen LogP contribution >= 0.6 is 0 Å².